The Bertz CT molecular complexity index is 988. The molecule has 0 bridgehead atoms. The first-order valence-corrected chi connectivity index (χ1v) is 10.7. The van der Waals surface area contributed by atoms with Gasteiger partial charge in [0, 0.05) is 11.5 Å². The fourth-order valence-electron chi connectivity index (χ4n) is 4.01. The summed E-state index contributed by atoms with van der Waals surface area (Å²) in [7, 11) is 0. The maximum absolute atomic E-state index is 11.6. The molecule has 0 radical (unpaired) electrons. The van der Waals surface area contributed by atoms with E-state index in [-0.39, 0.29) is 23.1 Å². The highest BCUT2D eigenvalue weighted by Crippen LogP contribution is 2.40. The van der Waals surface area contributed by atoms with Crippen LogP contribution in [0.3, 0.4) is 0 Å². The fourth-order valence-corrected chi connectivity index (χ4v) is 4.01. The third kappa shape index (κ3) is 4.73. The van der Waals surface area contributed by atoms with E-state index in [1.807, 2.05) is 6.07 Å². The van der Waals surface area contributed by atoms with Gasteiger partial charge in [0.05, 0.1) is 0 Å². The fraction of sp³-hybridized carbons (Fsp3) is 0.296. The lowest BCUT2D eigenvalue weighted by molar-refractivity contribution is 0.0693. The number of rotatable bonds is 8. The van der Waals surface area contributed by atoms with Crippen molar-refractivity contribution >= 4 is 5.97 Å². The summed E-state index contributed by atoms with van der Waals surface area (Å²) in [4.78, 5) is 11.6. The van der Waals surface area contributed by atoms with Gasteiger partial charge in [-0.25, -0.2) is 4.79 Å². The van der Waals surface area contributed by atoms with Gasteiger partial charge in [-0.05, 0) is 53.5 Å². The van der Waals surface area contributed by atoms with Gasteiger partial charge in [0.2, 0.25) is 0 Å². The number of carbonyl (C=O) groups is 1. The molecule has 0 aliphatic carbocycles. The van der Waals surface area contributed by atoms with Gasteiger partial charge < -0.3 is 10.2 Å². The lowest BCUT2D eigenvalue weighted by Gasteiger charge is -2.24. The average molecular weight is 403 g/mol. The first-order chi connectivity index (χ1) is 14.4. The largest absolute Gasteiger partial charge is 0.507 e. The summed E-state index contributed by atoms with van der Waals surface area (Å²) >= 11 is 0. The molecule has 0 fully saturated rings. The van der Waals surface area contributed by atoms with E-state index < -0.39 is 5.97 Å². The number of aryl methyl sites for hydroxylation is 2. The maximum Gasteiger partial charge on any atom is 0.339 e. The third-order valence-electron chi connectivity index (χ3n) is 6.01. The Morgan fingerprint density at radius 3 is 1.87 bits per heavy atom. The highest BCUT2D eigenvalue weighted by atomic mass is 16.4. The monoisotopic (exact) mass is 402 g/mol. The van der Waals surface area contributed by atoms with Crippen molar-refractivity contribution in [2.45, 2.75) is 51.9 Å². The molecule has 0 aliphatic rings. The van der Waals surface area contributed by atoms with Gasteiger partial charge in [-0.1, -0.05) is 81.4 Å². The van der Waals surface area contributed by atoms with Crippen molar-refractivity contribution in [1.82, 2.24) is 0 Å². The Hall–Kier alpha value is -3.07. The topological polar surface area (TPSA) is 57.5 Å². The molecule has 3 heteroatoms. The molecule has 0 amide bonds. The van der Waals surface area contributed by atoms with E-state index in [2.05, 4.69) is 69.3 Å². The van der Waals surface area contributed by atoms with Crippen LogP contribution in [0.2, 0.25) is 0 Å². The summed E-state index contributed by atoms with van der Waals surface area (Å²) in [5, 5.41) is 20.2. The minimum atomic E-state index is -1.11. The zero-order valence-electron chi connectivity index (χ0n) is 17.9. The first-order valence-electron chi connectivity index (χ1n) is 10.7. The van der Waals surface area contributed by atoms with Gasteiger partial charge in [-0.15, -0.1) is 0 Å². The van der Waals surface area contributed by atoms with Crippen molar-refractivity contribution in [1.29, 1.82) is 0 Å². The van der Waals surface area contributed by atoms with Crippen LogP contribution in [0.25, 0.3) is 0 Å². The van der Waals surface area contributed by atoms with E-state index in [1.165, 1.54) is 22.8 Å². The van der Waals surface area contributed by atoms with Crippen LogP contribution in [0.4, 0.5) is 0 Å². The Morgan fingerprint density at radius 1 is 0.833 bits per heavy atom. The van der Waals surface area contributed by atoms with E-state index in [4.69, 9.17) is 0 Å². The Labute approximate surface area is 179 Å². The van der Waals surface area contributed by atoms with Crippen LogP contribution in [-0.2, 0) is 12.8 Å². The summed E-state index contributed by atoms with van der Waals surface area (Å²) in [6, 6.07) is 22.1. The van der Waals surface area contributed by atoms with Crippen molar-refractivity contribution < 1.29 is 15.0 Å². The Balaban J connectivity index is 2.01. The molecular weight excluding hydrogens is 372 g/mol. The molecule has 2 atom stereocenters. The minimum absolute atomic E-state index is 0.0531. The second kappa shape index (κ2) is 9.62. The van der Waals surface area contributed by atoms with Crippen molar-refractivity contribution in [2.75, 3.05) is 0 Å². The maximum atomic E-state index is 11.6. The second-order valence-corrected chi connectivity index (χ2v) is 7.93. The number of benzene rings is 3. The number of hydrogen-bond acceptors (Lipinski definition) is 2. The molecule has 3 nitrogen and oxygen atoms in total. The van der Waals surface area contributed by atoms with Gasteiger partial charge >= 0.3 is 5.97 Å². The number of carboxylic acid groups (broad SMARTS) is 1. The number of carboxylic acids is 1. The van der Waals surface area contributed by atoms with E-state index >= 15 is 0 Å². The molecule has 156 valence electrons. The SMILES string of the molecule is CCc1ccc(C(C)CC(c2ccc(CC)cc2)c2cccc(C(=O)O)c2O)cc1. The number of aromatic hydroxyl groups is 1. The number of aromatic carboxylic acids is 1. The average Bonchev–Trinajstić information content (AvgIpc) is 2.77. The van der Waals surface area contributed by atoms with E-state index in [9.17, 15) is 15.0 Å². The lowest BCUT2D eigenvalue weighted by Crippen LogP contribution is -2.09. The van der Waals surface area contributed by atoms with E-state index in [1.54, 1.807) is 6.07 Å². The minimum Gasteiger partial charge on any atom is -0.507 e. The van der Waals surface area contributed by atoms with Crippen LogP contribution in [0, 0.1) is 0 Å². The Kier molecular flexibility index (Phi) is 6.94. The van der Waals surface area contributed by atoms with Crippen molar-refractivity contribution in [3.63, 3.8) is 0 Å². The van der Waals surface area contributed by atoms with Gasteiger partial charge in [0.25, 0.3) is 0 Å². The smallest absolute Gasteiger partial charge is 0.339 e. The zero-order valence-corrected chi connectivity index (χ0v) is 17.9. The first kappa shape index (κ1) is 21.6. The van der Waals surface area contributed by atoms with Gasteiger partial charge in [0.1, 0.15) is 11.3 Å². The molecule has 3 rings (SSSR count). The summed E-state index contributed by atoms with van der Waals surface area (Å²) in [6.07, 6.45) is 2.75. The second-order valence-electron chi connectivity index (χ2n) is 7.93. The highest BCUT2D eigenvalue weighted by molar-refractivity contribution is 5.91. The predicted molar refractivity (Wildman–Crippen MR) is 122 cm³/mol. The summed E-state index contributed by atoms with van der Waals surface area (Å²) < 4.78 is 0. The molecule has 2 unspecified atom stereocenters. The standard InChI is InChI=1S/C27H30O3/c1-4-19-9-13-21(14-10-19)18(3)17-25(22-15-11-20(5-2)12-16-22)23-7-6-8-24(26(23)28)27(29)30/h6-16,18,25,28H,4-5,17H2,1-3H3,(H,29,30). The quantitative estimate of drug-likeness (QED) is 0.450. The van der Waals surface area contributed by atoms with Crippen molar-refractivity contribution in [3.8, 4) is 5.75 Å². The highest BCUT2D eigenvalue weighted by Gasteiger charge is 2.24. The van der Waals surface area contributed by atoms with Gasteiger partial charge in [-0.2, -0.15) is 0 Å². The normalized spacial score (nSPS) is 13.0. The van der Waals surface area contributed by atoms with Crippen molar-refractivity contribution in [3.05, 3.63) is 100 Å². The molecular formula is C27H30O3. The number of para-hydroxylation sites is 1. The van der Waals surface area contributed by atoms with Crippen LogP contribution < -0.4 is 0 Å². The molecule has 0 saturated carbocycles. The summed E-state index contributed by atoms with van der Waals surface area (Å²) in [6.45, 7) is 6.45. The Morgan fingerprint density at radius 2 is 1.37 bits per heavy atom. The molecule has 3 aromatic carbocycles. The molecule has 2 N–H and O–H groups in total. The van der Waals surface area contributed by atoms with Crippen LogP contribution in [0.15, 0.2) is 66.7 Å². The molecule has 30 heavy (non-hydrogen) atoms. The van der Waals surface area contributed by atoms with Crippen LogP contribution >= 0.6 is 0 Å². The van der Waals surface area contributed by atoms with E-state index in [0.717, 1.165) is 24.8 Å². The predicted octanol–water partition coefficient (Wildman–Crippen LogP) is 6.54. The van der Waals surface area contributed by atoms with Crippen LogP contribution in [0.5, 0.6) is 5.75 Å². The zero-order chi connectivity index (χ0) is 21.7. The van der Waals surface area contributed by atoms with Crippen LogP contribution in [0.1, 0.15) is 77.2 Å². The molecule has 0 saturated heterocycles. The van der Waals surface area contributed by atoms with Crippen molar-refractivity contribution in [2.24, 2.45) is 0 Å². The number of phenols is 1. The molecule has 0 heterocycles. The summed E-state index contributed by atoms with van der Waals surface area (Å²) in [5.74, 6) is -1.10. The number of hydrogen-bond donors (Lipinski definition) is 2. The molecule has 0 spiro atoms. The molecule has 0 aromatic heterocycles. The van der Waals surface area contributed by atoms with Gasteiger partial charge in [0.15, 0.2) is 0 Å². The van der Waals surface area contributed by atoms with Gasteiger partial charge in [-0.3, -0.25) is 0 Å². The summed E-state index contributed by atoms with van der Waals surface area (Å²) in [5.41, 5.74) is 5.51. The van der Waals surface area contributed by atoms with Crippen LogP contribution in [-0.4, -0.2) is 16.2 Å². The lowest BCUT2D eigenvalue weighted by atomic mass is 9.80. The van der Waals surface area contributed by atoms with E-state index in [0.29, 0.717) is 5.56 Å². The molecule has 0 aliphatic heterocycles. The molecule has 3 aromatic rings. The third-order valence-corrected chi connectivity index (χ3v) is 6.01.